The Hall–Kier alpha value is -1.29. The molecule has 0 spiro atoms. The monoisotopic (exact) mass is 208 g/mol. The fourth-order valence-corrected chi connectivity index (χ4v) is 1.97. The van der Waals surface area contributed by atoms with E-state index in [0.29, 0.717) is 13.0 Å². The van der Waals surface area contributed by atoms with Crippen LogP contribution < -0.4 is 0 Å². The molecule has 15 heavy (non-hydrogen) atoms. The van der Waals surface area contributed by atoms with Crippen molar-refractivity contribution in [1.82, 2.24) is 9.88 Å². The van der Waals surface area contributed by atoms with Gasteiger partial charge in [-0.2, -0.15) is 0 Å². The quantitative estimate of drug-likeness (QED) is 0.752. The number of hydrogen-bond acceptors (Lipinski definition) is 2. The Bertz CT molecular complexity index is 321. The van der Waals surface area contributed by atoms with Crippen molar-refractivity contribution in [3.05, 3.63) is 24.0 Å². The van der Waals surface area contributed by atoms with Crippen molar-refractivity contribution in [1.29, 1.82) is 0 Å². The standard InChI is InChI=1S/C11H16N2O2/c14-8-9-6-11(15)13(7-9)5-3-10-2-1-4-12-10/h1-2,4,9,12,14H,3,5-8H2. The number of hydrogen-bond donors (Lipinski definition) is 2. The summed E-state index contributed by atoms with van der Waals surface area (Å²) in [5, 5.41) is 8.97. The number of H-pyrrole nitrogens is 1. The summed E-state index contributed by atoms with van der Waals surface area (Å²) in [6.45, 7) is 1.57. The van der Waals surface area contributed by atoms with Gasteiger partial charge in [0.1, 0.15) is 0 Å². The molecular weight excluding hydrogens is 192 g/mol. The van der Waals surface area contributed by atoms with Crippen LogP contribution in [0.15, 0.2) is 18.3 Å². The summed E-state index contributed by atoms with van der Waals surface area (Å²) in [5.41, 5.74) is 1.15. The molecule has 0 radical (unpaired) electrons. The molecule has 2 heterocycles. The predicted molar refractivity (Wildman–Crippen MR) is 56.3 cm³/mol. The van der Waals surface area contributed by atoms with Crippen molar-refractivity contribution in [2.75, 3.05) is 19.7 Å². The van der Waals surface area contributed by atoms with Gasteiger partial charge in [-0.25, -0.2) is 0 Å². The van der Waals surface area contributed by atoms with E-state index in [1.54, 1.807) is 0 Å². The molecule has 1 unspecified atom stereocenters. The van der Waals surface area contributed by atoms with E-state index in [4.69, 9.17) is 5.11 Å². The van der Waals surface area contributed by atoms with Crippen LogP contribution in [0, 0.1) is 5.92 Å². The molecule has 2 rings (SSSR count). The molecule has 0 aromatic carbocycles. The fraction of sp³-hybridized carbons (Fsp3) is 0.545. The zero-order valence-electron chi connectivity index (χ0n) is 8.65. The summed E-state index contributed by atoms with van der Waals surface area (Å²) in [6.07, 6.45) is 3.25. The molecule has 0 saturated carbocycles. The average molecular weight is 208 g/mol. The number of aromatic amines is 1. The van der Waals surface area contributed by atoms with Crippen LogP contribution in [0.25, 0.3) is 0 Å². The van der Waals surface area contributed by atoms with Crippen molar-refractivity contribution in [2.45, 2.75) is 12.8 Å². The topological polar surface area (TPSA) is 56.3 Å². The first kappa shape index (κ1) is 10.2. The van der Waals surface area contributed by atoms with Gasteiger partial charge < -0.3 is 15.0 Å². The van der Waals surface area contributed by atoms with Crippen LogP contribution in [-0.2, 0) is 11.2 Å². The third-order valence-corrected chi connectivity index (χ3v) is 2.87. The number of aliphatic hydroxyl groups excluding tert-OH is 1. The van der Waals surface area contributed by atoms with Crippen LogP contribution in [-0.4, -0.2) is 40.6 Å². The lowest BCUT2D eigenvalue weighted by Crippen LogP contribution is -2.27. The summed E-state index contributed by atoms with van der Waals surface area (Å²) in [7, 11) is 0. The van der Waals surface area contributed by atoms with E-state index in [-0.39, 0.29) is 18.4 Å². The Morgan fingerprint density at radius 1 is 1.60 bits per heavy atom. The summed E-state index contributed by atoms with van der Waals surface area (Å²) in [4.78, 5) is 16.5. The van der Waals surface area contributed by atoms with Crippen molar-refractivity contribution >= 4 is 5.91 Å². The predicted octanol–water partition coefficient (Wildman–Crippen LogP) is 0.398. The molecule has 1 saturated heterocycles. The molecular formula is C11H16N2O2. The first-order valence-electron chi connectivity index (χ1n) is 5.30. The lowest BCUT2D eigenvalue weighted by Gasteiger charge is -2.15. The Morgan fingerprint density at radius 3 is 3.07 bits per heavy atom. The van der Waals surface area contributed by atoms with Gasteiger partial charge in [-0.15, -0.1) is 0 Å². The van der Waals surface area contributed by atoms with Gasteiger partial charge in [0, 0.05) is 50.3 Å². The molecule has 0 aliphatic carbocycles. The number of aromatic nitrogens is 1. The maximum absolute atomic E-state index is 11.5. The number of aliphatic hydroxyl groups is 1. The number of carbonyl (C=O) groups is 1. The van der Waals surface area contributed by atoms with Crippen LogP contribution in [0.5, 0.6) is 0 Å². The number of nitrogens with zero attached hydrogens (tertiary/aromatic N) is 1. The normalized spacial score (nSPS) is 21.3. The van der Waals surface area contributed by atoms with E-state index in [1.807, 2.05) is 23.2 Å². The summed E-state index contributed by atoms with van der Waals surface area (Å²) in [5.74, 6) is 0.307. The minimum Gasteiger partial charge on any atom is -0.396 e. The minimum atomic E-state index is 0.116. The van der Waals surface area contributed by atoms with Crippen molar-refractivity contribution < 1.29 is 9.90 Å². The fourth-order valence-electron chi connectivity index (χ4n) is 1.97. The highest BCUT2D eigenvalue weighted by Crippen LogP contribution is 2.17. The number of nitrogens with one attached hydrogen (secondary N) is 1. The molecule has 1 aliphatic rings. The highest BCUT2D eigenvalue weighted by Gasteiger charge is 2.28. The maximum Gasteiger partial charge on any atom is 0.223 e. The molecule has 1 atom stereocenters. The Balaban J connectivity index is 1.83. The van der Waals surface area contributed by atoms with Crippen LogP contribution >= 0.6 is 0 Å². The van der Waals surface area contributed by atoms with Gasteiger partial charge in [-0.1, -0.05) is 0 Å². The molecule has 1 amide bonds. The minimum absolute atomic E-state index is 0.116. The third-order valence-electron chi connectivity index (χ3n) is 2.87. The van der Waals surface area contributed by atoms with Gasteiger partial charge in [0.25, 0.3) is 0 Å². The number of likely N-dealkylation sites (tertiary alicyclic amines) is 1. The van der Waals surface area contributed by atoms with E-state index in [9.17, 15) is 4.79 Å². The van der Waals surface area contributed by atoms with Crippen molar-refractivity contribution in [3.63, 3.8) is 0 Å². The van der Waals surface area contributed by atoms with Gasteiger partial charge in [0.2, 0.25) is 5.91 Å². The van der Waals surface area contributed by atoms with Gasteiger partial charge >= 0.3 is 0 Å². The van der Waals surface area contributed by atoms with Crippen molar-refractivity contribution in [3.8, 4) is 0 Å². The second-order valence-corrected chi connectivity index (χ2v) is 4.04. The summed E-state index contributed by atoms with van der Waals surface area (Å²) in [6, 6.07) is 3.97. The molecule has 1 aliphatic heterocycles. The van der Waals surface area contributed by atoms with E-state index >= 15 is 0 Å². The number of rotatable bonds is 4. The SMILES string of the molecule is O=C1CC(CO)CN1CCc1ccc[nH]1. The first-order valence-corrected chi connectivity index (χ1v) is 5.30. The lowest BCUT2D eigenvalue weighted by molar-refractivity contribution is -0.127. The average Bonchev–Trinajstić information content (AvgIpc) is 2.84. The Morgan fingerprint density at radius 2 is 2.47 bits per heavy atom. The van der Waals surface area contributed by atoms with E-state index in [1.165, 1.54) is 0 Å². The lowest BCUT2D eigenvalue weighted by atomic mass is 10.1. The van der Waals surface area contributed by atoms with Crippen molar-refractivity contribution in [2.24, 2.45) is 5.92 Å². The highest BCUT2D eigenvalue weighted by atomic mass is 16.3. The molecule has 4 nitrogen and oxygen atoms in total. The molecule has 1 fully saturated rings. The van der Waals surface area contributed by atoms with Crippen LogP contribution in [0.3, 0.4) is 0 Å². The largest absolute Gasteiger partial charge is 0.396 e. The third kappa shape index (κ3) is 2.39. The molecule has 4 heteroatoms. The van der Waals surface area contributed by atoms with Crippen LogP contribution in [0.2, 0.25) is 0 Å². The van der Waals surface area contributed by atoms with E-state index in [2.05, 4.69) is 4.98 Å². The van der Waals surface area contributed by atoms with E-state index in [0.717, 1.165) is 18.7 Å². The summed E-state index contributed by atoms with van der Waals surface area (Å²) >= 11 is 0. The summed E-state index contributed by atoms with van der Waals surface area (Å²) < 4.78 is 0. The van der Waals surface area contributed by atoms with E-state index < -0.39 is 0 Å². The van der Waals surface area contributed by atoms with Crippen LogP contribution in [0.1, 0.15) is 12.1 Å². The molecule has 0 bridgehead atoms. The highest BCUT2D eigenvalue weighted by molar-refractivity contribution is 5.78. The van der Waals surface area contributed by atoms with Gasteiger partial charge in [-0.05, 0) is 12.1 Å². The molecule has 2 N–H and O–H groups in total. The molecule has 1 aromatic rings. The zero-order chi connectivity index (χ0) is 10.7. The zero-order valence-corrected chi connectivity index (χ0v) is 8.65. The smallest absolute Gasteiger partial charge is 0.223 e. The van der Waals surface area contributed by atoms with Gasteiger partial charge in [0.05, 0.1) is 0 Å². The van der Waals surface area contributed by atoms with Crippen LogP contribution in [0.4, 0.5) is 0 Å². The second kappa shape index (κ2) is 4.49. The maximum atomic E-state index is 11.5. The molecule has 1 aromatic heterocycles. The van der Waals surface area contributed by atoms with Gasteiger partial charge in [-0.3, -0.25) is 4.79 Å². The number of amides is 1. The van der Waals surface area contributed by atoms with Gasteiger partial charge in [0.15, 0.2) is 0 Å². The molecule has 82 valence electrons. The Labute approximate surface area is 88.9 Å². The Kier molecular flexibility index (Phi) is 3.06. The second-order valence-electron chi connectivity index (χ2n) is 4.04. The number of carbonyl (C=O) groups excluding carboxylic acids is 1. The first-order chi connectivity index (χ1) is 7.29.